The molecule has 162 valence electrons. The molecular weight excluding hydrogens is 430 g/mol. The first-order chi connectivity index (χ1) is 14.2. The number of carbonyl (C=O) groups is 2. The third kappa shape index (κ3) is 6.34. The van der Waals surface area contributed by atoms with Crippen LogP contribution in [0.4, 0.5) is 4.39 Å². The Morgan fingerprint density at radius 3 is 2.33 bits per heavy atom. The summed E-state index contributed by atoms with van der Waals surface area (Å²) in [5.74, 6) is -1.43. The van der Waals surface area contributed by atoms with Gasteiger partial charge in [-0.2, -0.15) is 0 Å². The monoisotopic (exact) mass is 454 g/mol. The van der Waals surface area contributed by atoms with Crippen molar-refractivity contribution < 1.29 is 18.7 Å². The lowest BCUT2D eigenvalue weighted by atomic mass is 10.1. The zero-order chi connectivity index (χ0) is 22.3. The normalized spacial score (nSPS) is 12.7. The van der Waals surface area contributed by atoms with E-state index in [2.05, 4.69) is 5.32 Å². The Bertz CT molecular complexity index is 874. The molecule has 2 amide bonds. The van der Waals surface area contributed by atoms with Gasteiger partial charge in [0.1, 0.15) is 6.04 Å². The van der Waals surface area contributed by atoms with Gasteiger partial charge in [0.25, 0.3) is 5.91 Å². The van der Waals surface area contributed by atoms with Crippen LogP contribution in [0.5, 0.6) is 5.75 Å². The number of hydrogen-bond donors (Lipinski definition) is 1. The molecule has 5 nitrogen and oxygen atoms in total. The predicted molar refractivity (Wildman–Crippen MR) is 116 cm³/mol. The molecule has 30 heavy (non-hydrogen) atoms. The third-order valence-electron chi connectivity index (χ3n) is 4.75. The number of rotatable bonds is 9. The summed E-state index contributed by atoms with van der Waals surface area (Å²) in [5, 5.41) is 3.62. The van der Waals surface area contributed by atoms with Crippen molar-refractivity contribution in [2.24, 2.45) is 0 Å². The van der Waals surface area contributed by atoms with Crippen LogP contribution in [-0.4, -0.2) is 35.4 Å². The van der Waals surface area contributed by atoms with Crippen LogP contribution in [0.1, 0.15) is 32.8 Å². The van der Waals surface area contributed by atoms with Gasteiger partial charge in [-0.15, -0.1) is 0 Å². The van der Waals surface area contributed by atoms with E-state index in [1.165, 1.54) is 23.1 Å². The predicted octanol–water partition coefficient (Wildman–Crippen LogP) is 4.84. The van der Waals surface area contributed by atoms with Gasteiger partial charge in [0, 0.05) is 28.2 Å². The molecule has 0 spiro atoms. The number of nitrogens with one attached hydrogen (secondary N) is 1. The lowest BCUT2D eigenvalue weighted by Crippen LogP contribution is -2.50. The lowest BCUT2D eigenvalue weighted by molar-refractivity contribution is -0.142. The smallest absolute Gasteiger partial charge is 0.261 e. The summed E-state index contributed by atoms with van der Waals surface area (Å²) in [6, 6.07) is 9.94. The Balaban J connectivity index is 2.24. The van der Waals surface area contributed by atoms with Crippen molar-refractivity contribution in [3.05, 3.63) is 63.9 Å². The number of nitrogens with zero attached hydrogens (tertiary/aromatic N) is 1. The number of hydrogen-bond acceptors (Lipinski definition) is 3. The minimum absolute atomic E-state index is 0.00701. The van der Waals surface area contributed by atoms with Crippen LogP contribution in [0, 0.1) is 5.82 Å². The molecule has 2 aromatic rings. The molecular formula is C22H25Cl2FN2O3. The van der Waals surface area contributed by atoms with E-state index in [1.807, 2.05) is 13.8 Å². The van der Waals surface area contributed by atoms with E-state index in [-0.39, 0.29) is 24.2 Å². The largest absolute Gasteiger partial charge is 0.481 e. The molecule has 1 N–H and O–H groups in total. The van der Waals surface area contributed by atoms with E-state index in [0.717, 1.165) is 6.42 Å². The van der Waals surface area contributed by atoms with Crippen molar-refractivity contribution in [3.63, 3.8) is 0 Å². The van der Waals surface area contributed by atoms with Gasteiger partial charge >= 0.3 is 0 Å². The molecule has 2 atom stereocenters. The summed E-state index contributed by atoms with van der Waals surface area (Å²) >= 11 is 12.5. The van der Waals surface area contributed by atoms with Gasteiger partial charge in [-0.1, -0.05) is 48.3 Å². The molecule has 0 fully saturated rings. The highest BCUT2D eigenvalue weighted by molar-refractivity contribution is 6.36. The number of ether oxygens (including phenoxy) is 1. The molecule has 0 saturated heterocycles. The van der Waals surface area contributed by atoms with E-state index in [0.29, 0.717) is 15.6 Å². The van der Waals surface area contributed by atoms with Crippen LogP contribution in [-0.2, 0) is 16.1 Å². The molecule has 0 saturated carbocycles. The standard InChI is InChI=1S/C22H25Cl2FN2O3/c1-4-14(2)26-22(29)15(3)27(12-16-17(23)8-7-9-18(16)24)21(28)13-30-20-11-6-5-10-19(20)25/h5-11,14-15H,4,12-13H2,1-3H3,(H,26,29)/t14-,15-/m1/s1. The second-order valence-corrected chi connectivity index (χ2v) is 7.75. The number of carbonyl (C=O) groups excluding carboxylic acids is 2. The summed E-state index contributed by atoms with van der Waals surface area (Å²) < 4.78 is 19.2. The minimum atomic E-state index is -0.817. The number of para-hydroxylation sites is 1. The Morgan fingerprint density at radius 2 is 1.73 bits per heavy atom. The van der Waals surface area contributed by atoms with E-state index in [4.69, 9.17) is 27.9 Å². The molecule has 0 bridgehead atoms. The van der Waals surface area contributed by atoms with Crippen LogP contribution >= 0.6 is 23.2 Å². The number of benzene rings is 2. The van der Waals surface area contributed by atoms with Crippen molar-refractivity contribution in [3.8, 4) is 5.75 Å². The maximum atomic E-state index is 13.8. The summed E-state index contributed by atoms with van der Waals surface area (Å²) in [5.41, 5.74) is 0.517. The zero-order valence-electron chi connectivity index (χ0n) is 17.1. The fraction of sp³-hybridized carbons (Fsp3) is 0.364. The van der Waals surface area contributed by atoms with E-state index in [9.17, 15) is 14.0 Å². The first-order valence-corrected chi connectivity index (χ1v) is 10.4. The zero-order valence-corrected chi connectivity index (χ0v) is 18.6. The second-order valence-electron chi connectivity index (χ2n) is 6.93. The Hall–Kier alpha value is -2.31. The molecule has 0 radical (unpaired) electrons. The van der Waals surface area contributed by atoms with Crippen LogP contribution < -0.4 is 10.1 Å². The average Bonchev–Trinajstić information content (AvgIpc) is 2.72. The van der Waals surface area contributed by atoms with Crippen LogP contribution in [0.2, 0.25) is 10.0 Å². The highest BCUT2D eigenvalue weighted by Gasteiger charge is 2.28. The number of amides is 2. The fourth-order valence-corrected chi connectivity index (χ4v) is 3.20. The van der Waals surface area contributed by atoms with E-state index < -0.39 is 24.4 Å². The Morgan fingerprint density at radius 1 is 1.10 bits per heavy atom. The maximum absolute atomic E-state index is 13.8. The van der Waals surface area contributed by atoms with Crippen LogP contribution in [0.3, 0.4) is 0 Å². The van der Waals surface area contributed by atoms with Crippen LogP contribution in [0.25, 0.3) is 0 Å². The summed E-state index contributed by atoms with van der Waals surface area (Å²) in [6.07, 6.45) is 0.749. The quantitative estimate of drug-likeness (QED) is 0.589. The van der Waals surface area contributed by atoms with E-state index in [1.54, 1.807) is 31.2 Å². The average molecular weight is 455 g/mol. The van der Waals surface area contributed by atoms with Crippen molar-refractivity contribution in [2.75, 3.05) is 6.61 Å². The lowest BCUT2D eigenvalue weighted by Gasteiger charge is -2.30. The second kappa shape index (κ2) is 11.2. The topological polar surface area (TPSA) is 58.6 Å². The van der Waals surface area contributed by atoms with Crippen molar-refractivity contribution in [2.45, 2.75) is 45.8 Å². The van der Waals surface area contributed by atoms with Crippen LogP contribution in [0.15, 0.2) is 42.5 Å². The van der Waals surface area contributed by atoms with Gasteiger partial charge in [-0.05, 0) is 44.5 Å². The first-order valence-electron chi connectivity index (χ1n) is 9.64. The Kier molecular flexibility index (Phi) is 8.93. The van der Waals surface area contributed by atoms with E-state index >= 15 is 0 Å². The van der Waals surface area contributed by atoms with Gasteiger partial charge in [0.15, 0.2) is 18.2 Å². The van der Waals surface area contributed by atoms with Crippen molar-refractivity contribution >= 4 is 35.0 Å². The SMILES string of the molecule is CC[C@@H](C)NC(=O)[C@@H](C)N(Cc1c(Cl)cccc1Cl)C(=O)COc1ccccc1F. The molecule has 8 heteroatoms. The molecule has 0 aliphatic rings. The molecule has 2 rings (SSSR count). The van der Waals surface area contributed by atoms with Gasteiger partial charge in [-0.3, -0.25) is 9.59 Å². The van der Waals surface area contributed by atoms with Gasteiger partial charge in [0.2, 0.25) is 5.91 Å². The summed E-state index contributed by atoms with van der Waals surface area (Å²) in [4.78, 5) is 27.0. The molecule has 0 aliphatic heterocycles. The van der Waals surface area contributed by atoms with Crippen molar-refractivity contribution in [1.29, 1.82) is 0 Å². The van der Waals surface area contributed by atoms with Gasteiger partial charge < -0.3 is 15.0 Å². The molecule has 0 unspecified atom stereocenters. The Labute approximate surface area is 186 Å². The fourth-order valence-electron chi connectivity index (χ4n) is 2.69. The molecule has 0 aromatic heterocycles. The highest BCUT2D eigenvalue weighted by Crippen LogP contribution is 2.26. The third-order valence-corrected chi connectivity index (χ3v) is 5.45. The van der Waals surface area contributed by atoms with Gasteiger partial charge in [-0.25, -0.2) is 4.39 Å². The maximum Gasteiger partial charge on any atom is 0.261 e. The minimum Gasteiger partial charge on any atom is -0.481 e. The molecule has 0 aliphatic carbocycles. The molecule has 0 heterocycles. The summed E-state index contributed by atoms with van der Waals surface area (Å²) in [7, 11) is 0. The van der Waals surface area contributed by atoms with Gasteiger partial charge in [0.05, 0.1) is 0 Å². The molecule has 2 aromatic carbocycles. The number of halogens is 3. The summed E-state index contributed by atoms with van der Waals surface area (Å²) in [6.45, 7) is 5.01. The first kappa shape index (κ1) is 24.0. The van der Waals surface area contributed by atoms with Crippen molar-refractivity contribution in [1.82, 2.24) is 10.2 Å². The highest BCUT2D eigenvalue weighted by atomic mass is 35.5.